The van der Waals surface area contributed by atoms with Crippen LogP contribution in [0.3, 0.4) is 0 Å². The van der Waals surface area contributed by atoms with Gasteiger partial charge in [-0.05, 0) is 46.9 Å². The molecule has 4 rings (SSSR count). The van der Waals surface area contributed by atoms with E-state index in [-0.39, 0.29) is 5.91 Å². The zero-order valence-electron chi connectivity index (χ0n) is 12.8. The summed E-state index contributed by atoms with van der Waals surface area (Å²) >= 11 is 3.29. The first-order chi connectivity index (χ1) is 11.3. The zero-order chi connectivity index (χ0) is 15.6. The summed E-state index contributed by atoms with van der Waals surface area (Å²) in [4.78, 5) is 19.3. The van der Waals surface area contributed by atoms with Crippen molar-refractivity contribution < 1.29 is 4.79 Å². The molecule has 1 aromatic heterocycles. The molecule has 1 aliphatic heterocycles. The number of carbonyl (C=O) groups excluding carboxylic acids is 1. The van der Waals surface area contributed by atoms with Gasteiger partial charge in [0.05, 0.1) is 16.5 Å². The molecule has 5 heteroatoms. The SMILES string of the molecule is O=C(CSC1=Nc2ccccc2C1)N(Cc1ccsc1)C1CC1. The van der Waals surface area contributed by atoms with E-state index in [4.69, 9.17) is 0 Å². The molecule has 0 atom stereocenters. The molecule has 0 bridgehead atoms. The average Bonchev–Trinajstić information content (AvgIpc) is 3.11. The van der Waals surface area contributed by atoms with Crippen LogP contribution in [0.1, 0.15) is 24.0 Å². The monoisotopic (exact) mass is 342 g/mol. The van der Waals surface area contributed by atoms with Crippen LogP contribution in [-0.4, -0.2) is 27.6 Å². The fourth-order valence-corrected chi connectivity index (χ4v) is 4.34. The number of benzene rings is 1. The molecule has 1 amide bonds. The minimum absolute atomic E-state index is 0.238. The Balaban J connectivity index is 1.36. The molecule has 1 saturated carbocycles. The Morgan fingerprint density at radius 3 is 2.91 bits per heavy atom. The van der Waals surface area contributed by atoms with Gasteiger partial charge in [-0.15, -0.1) is 11.8 Å². The summed E-state index contributed by atoms with van der Waals surface area (Å²) < 4.78 is 0. The number of hydrogen-bond acceptors (Lipinski definition) is 4. The number of para-hydroxylation sites is 1. The Morgan fingerprint density at radius 2 is 2.17 bits per heavy atom. The van der Waals surface area contributed by atoms with Crippen molar-refractivity contribution >= 4 is 39.7 Å². The highest BCUT2D eigenvalue weighted by Crippen LogP contribution is 2.32. The molecule has 118 valence electrons. The number of rotatable bonds is 5. The van der Waals surface area contributed by atoms with Gasteiger partial charge in [-0.25, -0.2) is 4.99 Å². The number of nitrogens with zero attached hydrogens (tertiary/aromatic N) is 2. The van der Waals surface area contributed by atoms with E-state index in [0.717, 1.165) is 36.5 Å². The van der Waals surface area contributed by atoms with Crippen molar-refractivity contribution in [3.05, 3.63) is 52.2 Å². The van der Waals surface area contributed by atoms with Crippen molar-refractivity contribution in [2.24, 2.45) is 4.99 Å². The molecule has 0 saturated heterocycles. The Kier molecular flexibility index (Phi) is 4.23. The molecular weight excluding hydrogens is 324 g/mol. The highest BCUT2D eigenvalue weighted by Gasteiger charge is 2.32. The van der Waals surface area contributed by atoms with Crippen LogP contribution in [0.2, 0.25) is 0 Å². The second-order valence-electron chi connectivity index (χ2n) is 5.98. The lowest BCUT2D eigenvalue weighted by molar-refractivity contribution is -0.129. The van der Waals surface area contributed by atoms with Crippen LogP contribution in [-0.2, 0) is 17.8 Å². The van der Waals surface area contributed by atoms with Gasteiger partial charge >= 0.3 is 0 Å². The summed E-state index contributed by atoms with van der Waals surface area (Å²) in [6.45, 7) is 0.750. The molecule has 3 nitrogen and oxygen atoms in total. The molecule has 2 aliphatic rings. The van der Waals surface area contributed by atoms with Gasteiger partial charge in [-0.3, -0.25) is 4.79 Å². The maximum atomic E-state index is 12.6. The Morgan fingerprint density at radius 1 is 1.30 bits per heavy atom. The van der Waals surface area contributed by atoms with Crippen molar-refractivity contribution in [1.29, 1.82) is 0 Å². The third-order valence-electron chi connectivity index (χ3n) is 4.18. The molecular formula is C18H18N2OS2. The fourth-order valence-electron chi connectivity index (χ4n) is 2.80. The van der Waals surface area contributed by atoms with Gasteiger partial charge in [0.25, 0.3) is 0 Å². The van der Waals surface area contributed by atoms with E-state index in [1.165, 1.54) is 11.1 Å². The molecule has 1 fully saturated rings. The summed E-state index contributed by atoms with van der Waals surface area (Å²) in [6, 6.07) is 10.8. The Labute approximate surface area is 144 Å². The van der Waals surface area contributed by atoms with Gasteiger partial charge in [-0.2, -0.15) is 11.3 Å². The predicted octanol–water partition coefficient (Wildman–Crippen LogP) is 4.26. The largest absolute Gasteiger partial charge is 0.335 e. The Bertz CT molecular complexity index is 735. The topological polar surface area (TPSA) is 32.7 Å². The molecule has 1 aromatic carbocycles. The lowest BCUT2D eigenvalue weighted by Gasteiger charge is -2.21. The van der Waals surface area contributed by atoms with E-state index in [1.54, 1.807) is 23.1 Å². The molecule has 2 aromatic rings. The van der Waals surface area contributed by atoms with E-state index < -0.39 is 0 Å². The fraction of sp³-hybridized carbons (Fsp3) is 0.333. The van der Waals surface area contributed by atoms with Gasteiger partial charge in [0.2, 0.25) is 5.91 Å². The zero-order valence-corrected chi connectivity index (χ0v) is 14.4. The number of thiophene rings is 1. The Hall–Kier alpha value is -1.59. The number of aliphatic imine (C=N–C) groups is 1. The van der Waals surface area contributed by atoms with E-state index in [2.05, 4.69) is 32.8 Å². The molecule has 23 heavy (non-hydrogen) atoms. The quantitative estimate of drug-likeness (QED) is 0.813. The van der Waals surface area contributed by atoms with E-state index >= 15 is 0 Å². The third-order valence-corrected chi connectivity index (χ3v) is 5.87. The smallest absolute Gasteiger partial charge is 0.233 e. The first-order valence-corrected chi connectivity index (χ1v) is 9.81. The molecule has 0 N–H and O–H groups in total. The number of fused-ring (bicyclic) bond motifs is 1. The second-order valence-corrected chi connectivity index (χ2v) is 7.81. The highest BCUT2D eigenvalue weighted by molar-refractivity contribution is 8.14. The van der Waals surface area contributed by atoms with Gasteiger partial charge in [-0.1, -0.05) is 18.2 Å². The lowest BCUT2D eigenvalue weighted by Crippen LogP contribution is -2.34. The normalized spacial score (nSPS) is 16.1. The number of thioether (sulfide) groups is 1. The van der Waals surface area contributed by atoms with E-state index in [0.29, 0.717) is 11.8 Å². The van der Waals surface area contributed by atoms with Gasteiger partial charge in [0, 0.05) is 19.0 Å². The third kappa shape index (κ3) is 3.51. The number of hydrogen-bond donors (Lipinski definition) is 0. The van der Waals surface area contributed by atoms with Crippen LogP contribution < -0.4 is 0 Å². The summed E-state index contributed by atoms with van der Waals surface area (Å²) in [5.41, 5.74) is 3.56. The lowest BCUT2D eigenvalue weighted by atomic mass is 10.2. The highest BCUT2D eigenvalue weighted by atomic mass is 32.2. The van der Waals surface area contributed by atoms with Crippen molar-refractivity contribution in [2.45, 2.75) is 31.8 Å². The summed E-state index contributed by atoms with van der Waals surface area (Å²) in [6.07, 6.45) is 3.15. The molecule has 0 spiro atoms. The molecule has 1 aliphatic carbocycles. The van der Waals surface area contributed by atoms with Gasteiger partial charge in [0.1, 0.15) is 0 Å². The van der Waals surface area contributed by atoms with Crippen LogP contribution in [0.15, 0.2) is 46.1 Å². The summed E-state index contributed by atoms with van der Waals surface area (Å²) in [7, 11) is 0. The van der Waals surface area contributed by atoms with Crippen LogP contribution in [0.4, 0.5) is 5.69 Å². The van der Waals surface area contributed by atoms with Crippen molar-refractivity contribution in [3.63, 3.8) is 0 Å². The van der Waals surface area contributed by atoms with Gasteiger partial charge in [0.15, 0.2) is 0 Å². The molecule has 0 unspecified atom stereocenters. The maximum Gasteiger partial charge on any atom is 0.233 e. The standard InChI is InChI=1S/C18H18N2OS2/c21-18(20(15-5-6-15)10-13-7-8-22-11-13)12-23-17-9-14-3-1-2-4-16(14)19-17/h1-4,7-8,11,15H,5-6,9-10,12H2. The molecule has 0 radical (unpaired) electrons. The predicted molar refractivity (Wildman–Crippen MR) is 97.6 cm³/mol. The minimum Gasteiger partial charge on any atom is -0.335 e. The summed E-state index contributed by atoms with van der Waals surface area (Å²) in [5.74, 6) is 0.732. The van der Waals surface area contributed by atoms with E-state index in [1.807, 2.05) is 18.2 Å². The minimum atomic E-state index is 0.238. The van der Waals surface area contributed by atoms with Crippen molar-refractivity contribution in [1.82, 2.24) is 4.90 Å². The van der Waals surface area contributed by atoms with Crippen LogP contribution >= 0.6 is 23.1 Å². The average molecular weight is 342 g/mol. The van der Waals surface area contributed by atoms with E-state index in [9.17, 15) is 4.79 Å². The first kappa shape index (κ1) is 15.0. The van der Waals surface area contributed by atoms with Crippen LogP contribution in [0.25, 0.3) is 0 Å². The summed E-state index contributed by atoms with van der Waals surface area (Å²) in [5, 5.41) is 5.27. The van der Waals surface area contributed by atoms with Gasteiger partial charge < -0.3 is 4.90 Å². The van der Waals surface area contributed by atoms with Crippen molar-refractivity contribution in [2.75, 3.05) is 5.75 Å². The van der Waals surface area contributed by atoms with Crippen molar-refractivity contribution in [3.8, 4) is 0 Å². The number of amides is 1. The first-order valence-electron chi connectivity index (χ1n) is 7.88. The molecule has 2 heterocycles. The maximum absolute atomic E-state index is 12.6. The second kappa shape index (κ2) is 6.49. The van der Waals surface area contributed by atoms with Crippen LogP contribution in [0, 0.1) is 0 Å². The van der Waals surface area contributed by atoms with Crippen LogP contribution in [0.5, 0.6) is 0 Å². The number of carbonyl (C=O) groups is 1.